The lowest BCUT2D eigenvalue weighted by molar-refractivity contribution is -0.146. The van der Waals surface area contributed by atoms with E-state index in [9.17, 15) is 9.59 Å². The summed E-state index contributed by atoms with van der Waals surface area (Å²) in [7, 11) is 3.09. The lowest BCUT2D eigenvalue weighted by Gasteiger charge is -2.37. The number of nitrogens with zero attached hydrogens (tertiary/aromatic N) is 1. The van der Waals surface area contributed by atoms with Gasteiger partial charge in [0.1, 0.15) is 23.3 Å². The second-order valence-electron chi connectivity index (χ2n) is 6.52. The molecular formula is C18H22N2O7. The van der Waals surface area contributed by atoms with Crippen LogP contribution in [0.3, 0.4) is 0 Å². The van der Waals surface area contributed by atoms with Crippen LogP contribution in [0.25, 0.3) is 0 Å². The number of primary amides is 1. The van der Waals surface area contributed by atoms with Crippen molar-refractivity contribution in [2.24, 2.45) is 5.73 Å². The first kappa shape index (κ1) is 19.0. The fraction of sp³-hybridized carbons (Fsp3) is 0.444. The summed E-state index contributed by atoms with van der Waals surface area (Å²) in [6.07, 6.45) is -1.62. The Morgan fingerprint density at radius 3 is 2.63 bits per heavy atom. The van der Waals surface area contributed by atoms with Crippen LogP contribution in [0.5, 0.6) is 11.5 Å². The monoisotopic (exact) mass is 378 g/mol. The Morgan fingerprint density at radius 1 is 1.33 bits per heavy atom. The number of amides is 2. The molecule has 2 aliphatic heterocycles. The van der Waals surface area contributed by atoms with E-state index >= 15 is 0 Å². The Morgan fingerprint density at radius 2 is 2.07 bits per heavy atom. The fourth-order valence-electron chi connectivity index (χ4n) is 3.06. The largest absolute Gasteiger partial charge is 0.497 e. The van der Waals surface area contributed by atoms with E-state index in [4.69, 9.17) is 29.4 Å². The van der Waals surface area contributed by atoms with Gasteiger partial charge in [0.25, 0.3) is 5.91 Å². The van der Waals surface area contributed by atoms with E-state index < -0.39 is 23.9 Å². The summed E-state index contributed by atoms with van der Waals surface area (Å²) in [6, 6.07) is 5.29. The lowest BCUT2D eigenvalue weighted by atomic mass is 10.0. The van der Waals surface area contributed by atoms with Crippen molar-refractivity contribution < 1.29 is 33.3 Å². The molecule has 9 nitrogen and oxygen atoms in total. The van der Waals surface area contributed by atoms with Crippen LogP contribution in [0.4, 0.5) is 4.79 Å². The molecule has 0 bridgehead atoms. The summed E-state index contributed by atoms with van der Waals surface area (Å²) < 4.78 is 26.8. The van der Waals surface area contributed by atoms with Crippen LogP contribution in [0.1, 0.15) is 19.4 Å². The van der Waals surface area contributed by atoms with Crippen LogP contribution in [0.15, 0.2) is 29.7 Å². The van der Waals surface area contributed by atoms with Crippen LogP contribution >= 0.6 is 0 Å². The third-order valence-corrected chi connectivity index (χ3v) is 4.30. The summed E-state index contributed by atoms with van der Waals surface area (Å²) in [5, 5.41) is 0. The summed E-state index contributed by atoms with van der Waals surface area (Å²) in [4.78, 5) is 25.1. The smallest absolute Gasteiger partial charge is 0.410 e. The van der Waals surface area contributed by atoms with E-state index in [1.54, 1.807) is 39.2 Å². The highest BCUT2D eigenvalue weighted by atomic mass is 16.7. The van der Waals surface area contributed by atoms with E-state index in [2.05, 4.69) is 0 Å². The van der Waals surface area contributed by atoms with E-state index in [1.807, 2.05) is 0 Å². The van der Waals surface area contributed by atoms with E-state index in [0.717, 1.165) is 5.56 Å². The van der Waals surface area contributed by atoms with Crippen molar-refractivity contribution in [3.63, 3.8) is 0 Å². The van der Waals surface area contributed by atoms with Gasteiger partial charge in [0.15, 0.2) is 5.79 Å². The highest BCUT2D eigenvalue weighted by Crippen LogP contribution is 2.38. The first-order valence-electron chi connectivity index (χ1n) is 8.31. The first-order chi connectivity index (χ1) is 12.8. The molecule has 1 aromatic rings. The average Bonchev–Trinajstić information content (AvgIpc) is 2.98. The van der Waals surface area contributed by atoms with Gasteiger partial charge in [-0.1, -0.05) is 0 Å². The normalized spacial score (nSPS) is 21.1. The summed E-state index contributed by atoms with van der Waals surface area (Å²) >= 11 is 0. The number of rotatable bonds is 6. The molecule has 2 aliphatic rings. The second kappa shape index (κ2) is 7.09. The molecule has 0 saturated carbocycles. The molecule has 0 spiro atoms. The van der Waals surface area contributed by atoms with Crippen LogP contribution < -0.4 is 15.2 Å². The molecule has 1 fully saturated rings. The average molecular weight is 378 g/mol. The number of benzene rings is 1. The van der Waals surface area contributed by atoms with Crippen molar-refractivity contribution in [2.45, 2.75) is 32.3 Å². The molecule has 1 saturated heterocycles. The standard InChI is InChI=1S/C18H22N2O7/c1-18(2)25-9-13(27-18)14-15(26-17(19)22)16(21)20(14)8-10-5-6-11(23-3)7-12(10)24-4/h5-7,13H,8-9H2,1-4H3,(H2,19,22)/t13-/m1/s1. The number of carbonyl (C=O) groups is 2. The summed E-state index contributed by atoms with van der Waals surface area (Å²) in [5.41, 5.74) is 6.25. The van der Waals surface area contributed by atoms with Crippen LogP contribution in [-0.2, 0) is 25.5 Å². The minimum absolute atomic E-state index is 0.124. The molecule has 0 aliphatic carbocycles. The molecule has 3 rings (SSSR count). The van der Waals surface area contributed by atoms with Gasteiger partial charge in [-0.25, -0.2) is 4.79 Å². The molecular weight excluding hydrogens is 356 g/mol. The van der Waals surface area contributed by atoms with Crippen LogP contribution in [0.2, 0.25) is 0 Å². The molecule has 9 heteroatoms. The highest BCUT2D eigenvalue weighted by molar-refractivity contribution is 6.02. The van der Waals surface area contributed by atoms with Crippen molar-refractivity contribution in [3.05, 3.63) is 35.2 Å². The Hall–Kier alpha value is -2.78. The molecule has 2 amide bonds. The predicted octanol–water partition coefficient (Wildman–Crippen LogP) is 1.50. The van der Waals surface area contributed by atoms with Crippen molar-refractivity contribution in [1.82, 2.24) is 4.90 Å². The number of hydrogen-bond donors (Lipinski definition) is 1. The molecule has 2 N–H and O–H groups in total. The van der Waals surface area contributed by atoms with Crippen molar-refractivity contribution in [3.8, 4) is 11.5 Å². The Balaban J connectivity index is 1.89. The lowest BCUT2D eigenvalue weighted by Crippen LogP contribution is -2.48. The fourth-order valence-corrected chi connectivity index (χ4v) is 3.06. The van der Waals surface area contributed by atoms with E-state index in [-0.39, 0.29) is 18.9 Å². The molecule has 146 valence electrons. The second-order valence-corrected chi connectivity index (χ2v) is 6.52. The quantitative estimate of drug-likeness (QED) is 0.799. The van der Waals surface area contributed by atoms with Gasteiger partial charge < -0.3 is 29.4 Å². The highest BCUT2D eigenvalue weighted by Gasteiger charge is 2.48. The van der Waals surface area contributed by atoms with E-state index in [1.165, 1.54) is 12.0 Å². The zero-order chi connectivity index (χ0) is 19.8. The molecule has 1 aromatic carbocycles. The molecule has 1 atom stereocenters. The number of ether oxygens (including phenoxy) is 5. The summed E-state index contributed by atoms with van der Waals surface area (Å²) in [6.45, 7) is 3.95. The number of hydrogen-bond acceptors (Lipinski definition) is 7. The SMILES string of the molecule is COc1ccc(CN2C(=O)C(OC(N)=O)=C2[C@H]2COC(C)(C)O2)c(OC)c1. The van der Waals surface area contributed by atoms with Gasteiger partial charge in [0.2, 0.25) is 5.76 Å². The van der Waals surface area contributed by atoms with Crippen LogP contribution in [0, 0.1) is 0 Å². The third-order valence-electron chi connectivity index (χ3n) is 4.30. The maximum Gasteiger partial charge on any atom is 0.410 e. The minimum Gasteiger partial charge on any atom is -0.497 e. The molecule has 2 heterocycles. The number of methoxy groups -OCH3 is 2. The zero-order valence-electron chi connectivity index (χ0n) is 15.6. The van der Waals surface area contributed by atoms with Gasteiger partial charge >= 0.3 is 6.09 Å². The maximum atomic E-state index is 12.5. The molecule has 27 heavy (non-hydrogen) atoms. The first-order valence-corrected chi connectivity index (χ1v) is 8.31. The third kappa shape index (κ3) is 3.69. The molecule has 0 radical (unpaired) electrons. The van der Waals surface area contributed by atoms with Gasteiger partial charge in [-0.3, -0.25) is 9.69 Å². The van der Waals surface area contributed by atoms with Gasteiger partial charge in [-0.15, -0.1) is 0 Å². The van der Waals surface area contributed by atoms with Crippen molar-refractivity contribution >= 4 is 12.0 Å². The van der Waals surface area contributed by atoms with Crippen LogP contribution in [-0.4, -0.2) is 49.6 Å². The Bertz CT molecular complexity index is 803. The maximum absolute atomic E-state index is 12.5. The van der Waals surface area contributed by atoms with Gasteiger partial charge in [0, 0.05) is 11.6 Å². The van der Waals surface area contributed by atoms with Crippen molar-refractivity contribution in [2.75, 3.05) is 20.8 Å². The van der Waals surface area contributed by atoms with Gasteiger partial charge in [0.05, 0.1) is 27.4 Å². The topological polar surface area (TPSA) is 110 Å². The minimum atomic E-state index is -1.06. The Labute approximate surface area is 156 Å². The van der Waals surface area contributed by atoms with Gasteiger partial charge in [-0.05, 0) is 26.0 Å². The van der Waals surface area contributed by atoms with Gasteiger partial charge in [-0.2, -0.15) is 0 Å². The number of nitrogens with two attached hydrogens (primary N) is 1. The van der Waals surface area contributed by atoms with Crippen molar-refractivity contribution in [1.29, 1.82) is 0 Å². The predicted molar refractivity (Wildman–Crippen MR) is 92.7 cm³/mol. The molecule has 0 unspecified atom stereocenters. The zero-order valence-corrected chi connectivity index (χ0v) is 15.6. The summed E-state index contributed by atoms with van der Waals surface area (Å²) in [5.74, 6) is -0.197. The number of carbonyl (C=O) groups excluding carboxylic acids is 2. The van der Waals surface area contributed by atoms with E-state index in [0.29, 0.717) is 17.2 Å². The Kier molecular flexibility index (Phi) is 4.99. The molecule has 0 aromatic heterocycles.